The first-order valence-electron chi connectivity index (χ1n) is 6.00. The van der Waals surface area contributed by atoms with Crippen molar-refractivity contribution in [3.8, 4) is 5.75 Å². The van der Waals surface area contributed by atoms with Gasteiger partial charge in [0.1, 0.15) is 0 Å². The van der Waals surface area contributed by atoms with Crippen LogP contribution in [-0.2, 0) is 4.79 Å². The highest BCUT2D eigenvalue weighted by molar-refractivity contribution is 6.01. The normalized spacial score (nSPS) is 25.8. The van der Waals surface area contributed by atoms with E-state index in [1.54, 1.807) is 6.92 Å². The average molecular weight is 263 g/mol. The highest BCUT2D eigenvalue weighted by Gasteiger charge is 2.49. The van der Waals surface area contributed by atoms with Crippen molar-refractivity contribution < 1.29 is 14.5 Å². The van der Waals surface area contributed by atoms with Gasteiger partial charge in [0.05, 0.1) is 16.7 Å². The van der Waals surface area contributed by atoms with Gasteiger partial charge in [-0.15, -0.1) is 0 Å². The van der Waals surface area contributed by atoms with Crippen LogP contribution in [0.4, 0.5) is 11.4 Å². The van der Waals surface area contributed by atoms with Crippen molar-refractivity contribution in [1.82, 2.24) is 5.32 Å². The molecule has 0 spiro atoms. The number of benzene rings is 1. The number of nitro benzene ring substituents is 1. The summed E-state index contributed by atoms with van der Waals surface area (Å²) in [4.78, 5) is 22.4. The summed E-state index contributed by atoms with van der Waals surface area (Å²) in [6, 6.07) is 4.18. The molecule has 2 N–H and O–H groups in total. The van der Waals surface area contributed by atoms with Crippen molar-refractivity contribution in [3.05, 3.63) is 28.3 Å². The molecule has 1 unspecified atom stereocenters. The van der Waals surface area contributed by atoms with E-state index >= 15 is 0 Å². The molecule has 100 valence electrons. The Morgan fingerprint density at radius 3 is 2.79 bits per heavy atom. The number of amides is 1. The lowest BCUT2D eigenvalue weighted by Crippen LogP contribution is -2.63. The summed E-state index contributed by atoms with van der Waals surface area (Å²) in [7, 11) is 0. The molecule has 0 aliphatic carbocycles. The van der Waals surface area contributed by atoms with E-state index in [-0.39, 0.29) is 17.5 Å². The first-order valence-corrected chi connectivity index (χ1v) is 6.00. The second-order valence-electron chi connectivity index (χ2n) is 4.96. The van der Waals surface area contributed by atoms with Gasteiger partial charge in [-0.3, -0.25) is 14.9 Å². The number of hydrogen-bond donors (Lipinski definition) is 2. The third kappa shape index (κ3) is 1.74. The molecule has 0 aromatic heterocycles. The number of non-ortho nitro benzene ring substituents is 1. The van der Waals surface area contributed by atoms with Crippen LogP contribution in [0.3, 0.4) is 0 Å². The predicted molar refractivity (Wildman–Crippen MR) is 67.1 cm³/mol. The minimum Gasteiger partial charge on any atom is -0.475 e. The van der Waals surface area contributed by atoms with Crippen LogP contribution in [0.25, 0.3) is 0 Å². The zero-order valence-corrected chi connectivity index (χ0v) is 10.3. The second-order valence-corrected chi connectivity index (χ2v) is 4.96. The van der Waals surface area contributed by atoms with Gasteiger partial charge < -0.3 is 15.4 Å². The third-order valence-electron chi connectivity index (χ3n) is 3.76. The number of ether oxygens (including phenoxy) is 1. The minimum atomic E-state index is -0.979. The largest absolute Gasteiger partial charge is 0.475 e. The summed E-state index contributed by atoms with van der Waals surface area (Å²) in [5, 5.41) is 16.6. The molecule has 0 bridgehead atoms. The lowest BCUT2D eigenvalue weighted by Gasteiger charge is -2.44. The van der Waals surface area contributed by atoms with Crippen molar-refractivity contribution in [2.24, 2.45) is 5.92 Å². The number of hydrogen-bond acceptors (Lipinski definition) is 5. The zero-order chi connectivity index (χ0) is 13.6. The summed E-state index contributed by atoms with van der Waals surface area (Å²) in [6.07, 6.45) is 0. The van der Waals surface area contributed by atoms with E-state index in [9.17, 15) is 14.9 Å². The quantitative estimate of drug-likeness (QED) is 0.611. The van der Waals surface area contributed by atoms with Gasteiger partial charge >= 0.3 is 0 Å². The molecule has 1 amide bonds. The third-order valence-corrected chi connectivity index (χ3v) is 3.76. The van der Waals surface area contributed by atoms with Crippen LogP contribution in [-0.4, -0.2) is 29.5 Å². The van der Waals surface area contributed by atoms with Crippen molar-refractivity contribution in [2.75, 3.05) is 18.4 Å². The summed E-state index contributed by atoms with van der Waals surface area (Å²) in [5.41, 5.74) is -0.558. The van der Waals surface area contributed by atoms with Gasteiger partial charge in [-0.05, 0) is 13.0 Å². The van der Waals surface area contributed by atoms with E-state index in [2.05, 4.69) is 10.6 Å². The van der Waals surface area contributed by atoms with Crippen LogP contribution in [0, 0.1) is 16.0 Å². The first kappa shape index (κ1) is 11.9. The average Bonchev–Trinajstić information content (AvgIpc) is 2.27. The molecule has 2 aliphatic heterocycles. The van der Waals surface area contributed by atoms with E-state index in [1.165, 1.54) is 18.2 Å². The van der Waals surface area contributed by atoms with Gasteiger partial charge in [0.2, 0.25) is 0 Å². The topological polar surface area (TPSA) is 93.5 Å². The SMILES string of the molecule is CC1(C2CNC2)Oc2cc([N+](=O)[O-])ccc2NC1=O. The highest BCUT2D eigenvalue weighted by Crippen LogP contribution is 2.39. The van der Waals surface area contributed by atoms with E-state index < -0.39 is 10.5 Å². The molecule has 1 aromatic rings. The van der Waals surface area contributed by atoms with E-state index in [0.717, 1.165) is 0 Å². The van der Waals surface area contributed by atoms with Gasteiger partial charge in [-0.2, -0.15) is 0 Å². The summed E-state index contributed by atoms with van der Waals surface area (Å²) < 4.78 is 5.77. The molecule has 1 fully saturated rings. The van der Waals surface area contributed by atoms with Crippen LogP contribution < -0.4 is 15.4 Å². The number of rotatable bonds is 2. The van der Waals surface area contributed by atoms with Gasteiger partial charge in [0.25, 0.3) is 11.6 Å². The van der Waals surface area contributed by atoms with Crippen LogP contribution in [0.2, 0.25) is 0 Å². The number of carbonyl (C=O) groups is 1. The number of nitro groups is 1. The first-order chi connectivity index (χ1) is 9.00. The molecular weight excluding hydrogens is 250 g/mol. The predicted octanol–water partition coefficient (Wildman–Crippen LogP) is 0.904. The maximum absolute atomic E-state index is 12.1. The molecule has 1 aromatic carbocycles. The molecule has 3 rings (SSSR count). The maximum Gasteiger partial charge on any atom is 0.273 e. The number of nitrogens with zero attached hydrogens (tertiary/aromatic N) is 1. The molecule has 1 saturated heterocycles. The molecular formula is C12H13N3O4. The molecule has 7 nitrogen and oxygen atoms in total. The van der Waals surface area contributed by atoms with E-state index in [4.69, 9.17) is 4.74 Å². The Morgan fingerprint density at radius 1 is 1.47 bits per heavy atom. The van der Waals surface area contributed by atoms with Crippen molar-refractivity contribution in [2.45, 2.75) is 12.5 Å². The van der Waals surface area contributed by atoms with Crippen LogP contribution in [0.15, 0.2) is 18.2 Å². The Hall–Kier alpha value is -2.15. The molecule has 2 heterocycles. The minimum absolute atomic E-state index is 0.0519. The molecule has 7 heteroatoms. The Balaban J connectivity index is 1.98. The highest BCUT2D eigenvalue weighted by atomic mass is 16.6. The fourth-order valence-corrected chi connectivity index (χ4v) is 2.28. The second kappa shape index (κ2) is 3.92. The summed E-state index contributed by atoms with van der Waals surface area (Å²) in [6.45, 7) is 3.12. The van der Waals surface area contributed by atoms with E-state index in [0.29, 0.717) is 24.5 Å². The van der Waals surface area contributed by atoms with Crippen LogP contribution in [0.5, 0.6) is 5.75 Å². The Bertz CT molecular complexity index is 570. The van der Waals surface area contributed by atoms with Crippen molar-refractivity contribution >= 4 is 17.3 Å². The fourth-order valence-electron chi connectivity index (χ4n) is 2.28. The van der Waals surface area contributed by atoms with Crippen LogP contribution >= 0.6 is 0 Å². The van der Waals surface area contributed by atoms with Gasteiger partial charge in [-0.25, -0.2) is 0 Å². The lowest BCUT2D eigenvalue weighted by molar-refractivity contribution is -0.385. The van der Waals surface area contributed by atoms with Gasteiger partial charge in [0, 0.05) is 25.1 Å². The Morgan fingerprint density at radius 2 is 2.21 bits per heavy atom. The van der Waals surface area contributed by atoms with Crippen LogP contribution in [0.1, 0.15) is 6.92 Å². The number of nitrogens with one attached hydrogen (secondary N) is 2. The Labute approximate surface area is 109 Å². The lowest BCUT2D eigenvalue weighted by atomic mass is 9.82. The van der Waals surface area contributed by atoms with Crippen molar-refractivity contribution in [3.63, 3.8) is 0 Å². The number of anilines is 1. The summed E-state index contributed by atoms with van der Waals surface area (Å²) in [5.74, 6) is 0.212. The molecule has 19 heavy (non-hydrogen) atoms. The molecule has 1 atom stereocenters. The molecule has 2 aliphatic rings. The standard InChI is InChI=1S/C12H13N3O4/c1-12(7-5-13-6-7)11(16)14-9-3-2-8(15(17)18)4-10(9)19-12/h2-4,7,13H,5-6H2,1H3,(H,14,16). The fraction of sp³-hybridized carbons (Fsp3) is 0.417. The number of carbonyl (C=O) groups excluding carboxylic acids is 1. The van der Waals surface area contributed by atoms with Gasteiger partial charge in [-0.1, -0.05) is 0 Å². The maximum atomic E-state index is 12.1. The zero-order valence-electron chi connectivity index (χ0n) is 10.3. The summed E-state index contributed by atoms with van der Waals surface area (Å²) >= 11 is 0. The monoisotopic (exact) mass is 263 g/mol. The van der Waals surface area contributed by atoms with E-state index in [1.807, 2.05) is 0 Å². The molecule has 0 radical (unpaired) electrons. The van der Waals surface area contributed by atoms with Gasteiger partial charge in [0.15, 0.2) is 11.4 Å². The molecule has 0 saturated carbocycles. The van der Waals surface area contributed by atoms with Crippen molar-refractivity contribution in [1.29, 1.82) is 0 Å². The smallest absolute Gasteiger partial charge is 0.273 e. The number of fused-ring (bicyclic) bond motifs is 1. The Kier molecular flexibility index (Phi) is 2.46.